The number of nitrogens with one attached hydrogen (secondary N) is 2. The van der Waals surface area contributed by atoms with E-state index >= 15 is 0 Å². The number of carbonyl (C=O) groups excluding carboxylic acids is 2. The molecule has 0 radical (unpaired) electrons. The van der Waals surface area contributed by atoms with Gasteiger partial charge in [0.2, 0.25) is 0 Å². The number of ether oxygens (including phenoxy) is 2. The van der Waals surface area contributed by atoms with Crippen molar-refractivity contribution in [1.29, 1.82) is 0 Å². The lowest BCUT2D eigenvalue weighted by Crippen LogP contribution is -2.35. The standard InChI is InChI=1S/C25H31N3O4/c1-3-8-19-9-14-22(23(17-19)31-2)32-18-24(29)26-20-10-12-21(13-11-20)27-25(30)28-15-6-4-5-7-16-28/h3,9-14,17H,1,4-8,15-16,18H2,2H3,(H,26,29)(H,27,30). The molecule has 0 aromatic heterocycles. The molecule has 3 rings (SSSR count). The highest BCUT2D eigenvalue weighted by atomic mass is 16.5. The lowest BCUT2D eigenvalue weighted by Gasteiger charge is -2.20. The van der Waals surface area contributed by atoms with E-state index in [0.29, 0.717) is 22.9 Å². The van der Waals surface area contributed by atoms with Gasteiger partial charge in [-0.25, -0.2) is 4.79 Å². The Morgan fingerprint density at radius 3 is 2.25 bits per heavy atom. The first-order chi connectivity index (χ1) is 15.6. The van der Waals surface area contributed by atoms with Crippen LogP contribution < -0.4 is 20.1 Å². The normalized spacial score (nSPS) is 13.6. The Morgan fingerprint density at radius 1 is 0.969 bits per heavy atom. The molecule has 32 heavy (non-hydrogen) atoms. The van der Waals surface area contributed by atoms with Crippen LogP contribution in [0.3, 0.4) is 0 Å². The number of methoxy groups -OCH3 is 1. The van der Waals surface area contributed by atoms with Crippen molar-refractivity contribution in [1.82, 2.24) is 4.90 Å². The van der Waals surface area contributed by atoms with Gasteiger partial charge >= 0.3 is 6.03 Å². The highest BCUT2D eigenvalue weighted by molar-refractivity contribution is 5.93. The van der Waals surface area contributed by atoms with Crippen LogP contribution in [0.25, 0.3) is 0 Å². The summed E-state index contributed by atoms with van der Waals surface area (Å²) in [7, 11) is 1.56. The number of likely N-dealkylation sites (tertiary alicyclic amines) is 1. The van der Waals surface area contributed by atoms with E-state index < -0.39 is 0 Å². The minimum Gasteiger partial charge on any atom is -0.493 e. The van der Waals surface area contributed by atoms with Crippen LogP contribution in [0.5, 0.6) is 11.5 Å². The Labute approximate surface area is 189 Å². The number of rotatable bonds is 8. The average molecular weight is 438 g/mol. The predicted octanol–water partition coefficient (Wildman–Crippen LogP) is 4.85. The van der Waals surface area contributed by atoms with Crippen molar-refractivity contribution in [2.45, 2.75) is 32.1 Å². The molecule has 0 unspecified atom stereocenters. The van der Waals surface area contributed by atoms with Gasteiger partial charge in [-0.1, -0.05) is 25.0 Å². The largest absolute Gasteiger partial charge is 0.493 e. The van der Waals surface area contributed by atoms with Gasteiger partial charge < -0.3 is 25.0 Å². The first-order valence-electron chi connectivity index (χ1n) is 11.0. The van der Waals surface area contributed by atoms with Crippen molar-refractivity contribution >= 4 is 23.3 Å². The number of amides is 3. The summed E-state index contributed by atoms with van der Waals surface area (Å²) in [6.45, 7) is 5.17. The quantitative estimate of drug-likeness (QED) is 0.579. The predicted molar refractivity (Wildman–Crippen MR) is 127 cm³/mol. The maximum absolute atomic E-state index is 12.4. The van der Waals surface area contributed by atoms with E-state index in [2.05, 4.69) is 17.2 Å². The summed E-state index contributed by atoms with van der Waals surface area (Å²) in [6, 6.07) is 12.5. The van der Waals surface area contributed by atoms with Gasteiger partial charge in [0.05, 0.1) is 7.11 Å². The second kappa shape index (κ2) is 11.8. The van der Waals surface area contributed by atoms with Gasteiger partial charge in [0.1, 0.15) is 0 Å². The highest BCUT2D eigenvalue weighted by Crippen LogP contribution is 2.28. The SMILES string of the molecule is C=CCc1ccc(OCC(=O)Nc2ccc(NC(=O)N3CCCCCC3)cc2)c(OC)c1. The van der Waals surface area contributed by atoms with Gasteiger partial charge in [-0.3, -0.25) is 4.79 Å². The minimum atomic E-state index is -0.288. The Hall–Kier alpha value is -3.48. The number of nitrogens with zero attached hydrogens (tertiary/aromatic N) is 1. The molecule has 0 saturated carbocycles. The molecule has 1 fully saturated rings. The minimum absolute atomic E-state index is 0.0786. The summed E-state index contributed by atoms with van der Waals surface area (Å²) < 4.78 is 11.0. The fourth-order valence-corrected chi connectivity index (χ4v) is 3.58. The first kappa shape index (κ1) is 23.2. The highest BCUT2D eigenvalue weighted by Gasteiger charge is 2.15. The Bertz CT molecular complexity index is 919. The number of hydrogen-bond donors (Lipinski definition) is 2. The third-order valence-electron chi connectivity index (χ3n) is 5.28. The molecule has 1 saturated heterocycles. The van der Waals surface area contributed by atoms with Crippen molar-refractivity contribution in [2.75, 3.05) is 37.4 Å². The fraction of sp³-hybridized carbons (Fsp3) is 0.360. The molecule has 170 valence electrons. The third-order valence-corrected chi connectivity index (χ3v) is 5.28. The van der Waals surface area contributed by atoms with Crippen molar-refractivity contribution in [3.8, 4) is 11.5 Å². The molecule has 2 aromatic rings. The number of allylic oxidation sites excluding steroid dienone is 1. The summed E-state index contributed by atoms with van der Waals surface area (Å²) in [4.78, 5) is 26.6. The van der Waals surface area contributed by atoms with E-state index in [0.717, 1.165) is 37.9 Å². The molecule has 0 bridgehead atoms. The van der Waals surface area contributed by atoms with E-state index in [4.69, 9.17) is 9.47 Å². The molecule has 1 heterocycles. The van der Waals surface area contributed by atoms with Gasteiger partial charge in [-0.05, 0) is 61.2 Å². The smallest absolute Gasteiger partial charge is 0.321 e. The van der Waals surface area contributed by atoms with Gasteiger partial charge in [0, 0.05) is 24.5 Å². The second-order valence-corrected chi connectivity index (χ2v) is 7.72. The molecule has 0 spiro atoms. The van der Waals surface area contributed by atoms with Crippen LogP contribution in [0, 0.1) is 0 Å². The van der Waals surface area contributed by atoms with Crippen molar-refractivity contribution < 1.29 is 19.1 Å². The van der Waals surface area contributed by atoms with Crippen LogP contribution in [0.15, 0.2) is 55.1 Å². The summed E-state index contributed by atoms with van der Waals surface area (Å²) in [6.07, 6.45) is 6.99. The van der Waals surface area contributed by atoms with Gasteiger partial charge in [-0.15, -0.1) is 6.58 Å². The summed E-state index contributed by atoms with van der Waals surface area (Å²) >= 11 is 0. The van der Waals surface area contributed by atoms with Crippen LogP contribution in [-0.2, 0) is 11.2 Å². The molecule has 1 aliphatic rings. The summed E-state index contributed by atoms with van der Waals surface area (Å²) in [5.41, 5.74) is 2.37. The monoisotopic (exact) mass is 437 g/mol. The van der Waals surface area contributed by atoms with Crippen LogP contribution in [0.4, 0.5) is 16.2 Å². The second-order valence-electron chi connectivity index (χ2n) is 7.72. The molecular formula is C25H31N3O4. The molecule has 0 atom stereocenters. The molecule has 2 aromatic carbocycles. The zero-order valence-corrected chi connectivity index (χ0v) is 18.6. The topological polar surface area (TPSA) is 79.9 Å². The molecule has 0 aliphatic carbocycles. The molecule has 3 amide bonds. The average Bonchev–Trinajstić information content (AvgIpc) is 3.09. The van der Waals surface area contributed by atoms with Gasteiger partial charge in [-0.2, -0.15) is 0 Å². The lowest BCUT2D eigenvalue weighted by atomic mass is 10.1. The lowest BCUT2D eigenvalue weighted by molar-refractivity contribution is -0.118. The Balaban J connectivity index is 1.49. The molecule has 7 nitrogen and oxygen atoms in total. The maximum atomic E-state index is 12.4. The van der Waals surface area contributed by atoms with E-state index in [1.807, 2.05) is 23.1 Å². The first-order valence-corrected chi connectivity index (χ1v) is 11.0. The zero-order valence-electron chi connectivity index (χ0n) is 18.6. The van der Waals surface area contributed by atoms with Crippen LogP contribution in [0.1, 0.15) is 31.2 Å². The van der Waals surface area contributed by atoms with E-state index in [-0.39, 0.29) is 18.5 Å². The van der Waals surface area contributed by atoms with Crippen LogP contribution in [-0.4, -0.2) is 43.6 Å². The van der Waals surface area contributed by atoms with Crippen molar-refractivity contribution in [3.05, 3.63) is 60.7 Å². The van der Waals surface area contributed by atoms with Gasteiger partial charge in [0.15, 0.2) is 18.1 Å². The van der Waals surface area contributed by atoms with Crippen LogP contribution in [0.2, 0.25) is 0 Å². The van der Waals surface area contributed by atoms with Gasteiger partial charge in [0.25, 0.3) is 5.91 Å². The van der Waals surface area contributed by atoms with Crippen molar-refractivity contribution in [3.63, 3.8) is 0 Å². The number of hydrogen-bond acceptors (Lipinski definition) is 4. The summed E-state index contributed by atoms with van der Waals surface area (Å²) in [5.74, 6) is 0.785. The molecule has 7 heteroatoms. The number of anilines is 2. The Kier molecular flexibility index (Phi) is 8.54. The number of carbonyl (C=O) groups is 2. The molecule has 1 aliphatic heterocycles. The number of benzene rings is 2. The molecule has 2 N–H and O–H groups in total. The molecular weight excluding hydrogens is 406 g/mol. The summed E-state index contributed by atoms with van der Waals surface area (Å²) in [5, 5.41) is 5.71. The van der Waals surface area contributed by atoms with Crippen LogP contribution >= 0.6 is 0 Å². The number of urea groups is 1. The van der Waals surface area contributed by atoms with E-state index in [1.165, 1.54) is 12.8 Å². The maximum Gasteiger partial charge on any atom is 0.321 e. The fourth-order valence-electron chi connectivity index (χ4n) is 3.58. The third kappa shape index (κ3) is 6.77. The Morgan fingerprint density at radius 2 is 1.62 bits per heavy atom. The van der Waals surface area contributed by atoms with E-state index in [1.54, 1.807) is 37.4 Å². The van der Waals surface area contributed by atoms with Crippen molar-refractivity contribution in [2.24, 2.45) is 0 Å². The zero-order chi connectivity index (χ0) is 22.8. The van der Waals surface area contributed by atoms with E-state index in [9.17, 15) is 9.59 Å².